The van der Waals surface area contributed by atoms with Gasteiger partial charge in [0.2, 0.25) is 11.2 Å². The molecule has 1 N–H and O–H groups in total. The molecule has 0 saturated carbocycles. The molecular formula is C15H7Br2FO3. The summed E-state index contributed by atoms with van der Waals surface area (Å²) in [6, 6.07) is 9.28. The van der Waals surface area contributed by atoms with Gasteiger partial charge in [0.1, 0.15) is 11.4 Å². The zero-order chi connectivity index (χ0) is 15.1. The summed E-state index contributed by atoms with van der Waals surface area (Å²) in [5.41, 5.74) is 0.00399. The predicted molar refractivity (Wildman–Crippen MR) is 84.9 cm³/mol. The van der Waals surface area contributed by atoms with E-state index in [0.717, 1.165) is 10.5 Å². The second-order valence-corrected chi connectivity index (χ2v) is 6.15. The lowest BCUT2D eigenvalue weighted by Crippen LogP contribution is -2.03. The monoisotopic (exact) mass is 412 g/mol. The Bertz CT molecular complexity index is 901. The van der Waals surface area contributed by atoms with E-state index in [2.05, 4.69) is 31.9 Å². The molecule has 2 aromatic carbocycles. The Morgan fingerprint density at radius 2 is 1.76 bits per heavy atom. The van der Waals surface area contributed by atoms with Crippen molar-refractivity contribution < 1.29 is 13.9 Å². The Kier molecular flexibility index (Phi) is 3.59. The van der Waals surface area contributed by atoms with E-state index in [9.17, 15) is 14.3 Å². The van der Waals surface area contributed by atoms with Crippen LogP contribution >= 0.6 is 31.9 Å². The zero-order valence-electron chi connectivity index (χ0n) is 10.4. The summed E-state index contributed by atoms with van der Waals surface area (Å²) in [6.07, 6.45) is 0. The maximum atomic E-state index is 13.6. The molecule has 0 saturated heterocycles. The van der Waals surface area contributed by atoms with Crippen molar-refractivity contribution in [3.05, 3.63) is 61.4 Å². The second-order valence-electron chi connectivity index (χ2n) is 4.38. The fourth-order valence-corrected chi connectivity index (χ4v) is 2.58. The Hall–Kier alpha value is -1.66. The van der Waals surface area contributed by atoms with Crippen LogP contribution in [0.1, 0.15) is 0 Å². The van der Waals surface area contributed by atoms with Crippen LogP contribution in [0.25, 0.3) is 22.3 Å². The molecule has 0 atom stereocenters. The van der Waals surface area contributed by atoms with E-state index in [1.807, 2.05) is 0 Å². The molecule has 0 aliphatic rings. The van der Waals surface area contributed by atoms with Gasteiger partial charge in [-0.3, -0.25) is 4.79 Å². The van der Waals surface area contributed by atoms with E-state index >= 15 is 0 Å². The molecule has 3 aromatic rings. The fourth-order valence-electron chi connectivity index (χ4n) is 1.98. The molecule has 1 heterocycles. The van der Waals surface area contributed by atoms with Crippen LogP contribution in [-0.2, 0) is 0 Å². The zero-order valence-corrected chi connectivity index (χ0v) is 13.5. The van der Waals surface area contributed by atoms with Crippen LogP contribution in [0, 0.1) is 5.82 Å². The molecule has 0 radical (unpaired) electrons. The number of hydrogen-bond acceptors (Lipinski definition) is 3. The van der Waals surface area contributed by atoms with Crippen LogP contribution < -0.4 is 5.43 Å². The molecule has 21 heavy (non-hydrogen) atoms. The van der Waals surface area contributed by atoms with Crippen molar-refractivity contribution in [2.75, 3.05) is 0 Å². The Labute approximate surface area is 135 Å². The molecule has 0 fully saturated rings. The van der Waals surface area contributed by atoms with Gasteiger partial charge in [-0.1, -0.05) is 15.9 Å². The van der Waals surface area contributed by atoms with Gasteiger partial charge in [0.05, 0.1) is 9.86 Å². The first-order valence-corrected chi connectivity index (χ1v) is 7.46. The highest BCUT2D eigenvalue weighted by atomic mass is 79.9. The SMILES string of the molecule is O=c1c(O)c(-c2ccc(Br)cc2)oc2cc(F)c(Br)cc12. The van der Waals surface area contributed by atoms with E-state index in [-0.39, 0.29) is 21.2 Å². The molecule has 3 rings (SSSR count). The van der Waals surface area contributed by atoms with Gasteiger partial charge in [0.25, 0.3) is 0 Å². The summed E-state index contributed by atoms with van der Waals surface area (Å²) in [4.78, 5) is 12.2. The van der Waals surface area contributed by atoms with Crippen molar-refractivity contribution in [3.63, 3.8) is 0 Å². The topological polar surface area (TPSA) is 50.4 Å². The summed E-state index contributed by atoms with van der Waals surface area (Å²) < 4.78 is 20.1. The van der Waals surface area contributed by atoms with Crippen LogP contribution in [0.5, 0.6) is 5.75 Å². The molecule has 0 bridgehead atoms. The smallest absolute Gasteiger partial charge is 0.235 e. The number of rotatable bonds is 1. The highest BCUT2D eigenvalue weighted by Crippen LogP contribution is 2.32. The third-order valence-corrected chi connectivity index (χ3v) is 4.15. The lowest BCUT2D eigenvalue weighted by atomic mass is 10.1. The van der Waals surface area contributed by atoms with Gasteiger partial charge < -0.3 is 9.52 Å². The number of benzene rings is 2. The van der Waals surface area contributed by atoms with Crippen molar-refractivity contribution in [1.29, 1.82) is 0 Å². The molecule has 0 amide bonds. The van der Waals surface area contributed by atoms with E-state index in [4.69, 9.17) is 4.42 Å². The first-order valence-electron chi connectivity index (χ1n) is 5.88. The molecule has 106 valence electrons. The van der Waals surface area contributed by atoms with Gasteiger partial charge in [0, 0.05) is 16.1 Å². The summed E-state index contributed by atoms with van der Waals surface area (Å²) in [6.45, 7) is 0. The molecule has 0 spiro atoms. The predicted octanol–water partition coefficient (Wildman–Crippen LogP) is 4.83. The standard InChI is InChI=1S/C15H7Br2FO3/c16-8-3-1-7(2-4-8)15-14(20)13(19)9-5-10(17)11(18)6-12(9)21-15/h1-6,20H. The van der Waals surface area contributed by atoms with Crippen LogP contribution in [0.4, 0.5) is 4.39 Å². The average Bonchev–Trinajstić information content (AvgIpc) is 2.46. The minimum atomic E-state index is -0.602. The summed E-state index contributed by atoms with van der Waals surface area (Å²) in [5.74, 6) is -1.02. The van der Waals surface area contributed by atoms with Gasteiger partial charge >= 0.3 is 0 Å². The molecule has 6 heteroatoms. The number of halogens is 3. The summed E-state index contributed by atoms with van der Waals surface area (Å²) in [7, 11) is 0. The van der Waals surface area contributed by atoms with E-state index in [1.165, 1.54) is 6.07 Å². The normalized spacial score (nSPS) is 11.0. The van der Waals surface area contributed by atoms with Gasteiger partial charge in [-0.2, -0.15) is 0 Å². The molecule has 1 aromatic heterocycles. The third kappa shape index (κ3) is 2.49. The van der Waals surface area contributed by atoms with E-state index < -0.39 is 17.0 Å². The first-order chi connectivity index (χ1) is 9.97. The fraction of sp³-hybridized carbons (Fsp3) is 0. The quantitative estimate of drug-likeness (QED) is 0.621. The first kappa shape index (κ1) is 14.3. The Morgan fingerprint density at radius 1 is 1.10 bits per heavy atom. The van der Waals surface area contributed by atoms with E-state index in [1.54, 1.807) is 24.3 Å². The van der Waals surface area contributed by atoms with Crippen LogP contribution in [0.15, 0.2) is 54.6 Å². The van der Waals surface area contributed by atoms with Crippen molar-refractivity contribution in [2.24, 2.45) is 0 Å². The summed E-state index contributed by atoms with van der Waals surface area (Å²) >= 11 is 6.30. The maximum Gasteiger partial charge on any atom is 0.235 e. The minimum absolute atomic E-state index is 0.0155. The van der Waals surface area contributed by atoms with Crippen LogP contribution in [-0.4, -0.2) is 5.11 Å². The van der Waals surface area contributed by atoms with Gasteiger partial charge in [0.15, 0.2) is 5.76 Å². The van der Waals surface area contributed by atoms with E-state index in [0.29, 0.717) is 5.56 Å². The molecule has 0 aliphatic heterocycles. The number of aromatic hydroxyl groups is 1. The Morgan fingerprint density at radius 3 is 2.43 bits per heavy atom. The molecule has 3 nitrogen and oxygen atoms in total. The van der Waals surface area contributed by atoms with Crippen molar-refractivity contribution in [2.45, 2.75) is 0 Å². The Balaban J connectivity index is 2.34. The van der Waals surface area contributed by atoms with Crippen molar-refractivity contribution in [1.82, 2.24) is 0 Å². The molecular weight excluding hydrogens is 407 g/mol. The maximum absolute atomic E-state index is 13.6. The van der Waals surface area contributed by atoms with Crippen LogP contribution in [0.3, 0.4) is 0 Å². The highest BCUT2D eigenvalue weighted by Gasteiger charge is 2.16. The average molecular weight is 414 g/mol. The minimum Gasteiger partial charge on any atom is -0.502 e. The van der Waals surface area contributed by atoms with Crippen LogP contribution in [0.2, 0.25) is 0 Å². The molecule has 0 aliphatic carbocycles. The summed E-state index contributed by atoms with van der Waals surface area (Å²) in [5, 5.41) is 10.2. The lowest BCUT2D eigenvalue weighted by molar-refractivity contribution is 0.448. The van der Waals surface area contributed by atoms with Gasteiger partial charge in [-0.05, 0) is 46.3 Å². The molecule has 0 unspecified atom stereocenters. The van der Waals surface area contributed by atoms with Crippen molar-refractivity contribution >= 4 is 42.8 Å². The van der Waals surface area contributed by atoms with Gasteiger partial charge in [-0.15, -0.1) is 0 Å². The highest BCUT2D eigenvalue weighted by molar-refractivity contribution is 9.10. The number of fused-ring (bicyclic) bond motifs is 1. The van der Waals surface area contributed by atoms with Gasteiger partial charge in [-0.25, -0.2) is 4.39 Å². The number of hydrogen-bond donors (Lipinski definition) is 1. The second kappa shape index (κ2) is 5.27. The lowest BCUT2D eigenvalue weighted by Gasteiger charge is -2.07. The largest absolute Gasteiger partial charge is 0.502 e. The van der Waals surface area contributed by atoms with Crippen molar-refractivity contribution in [3.8, 4) is 17.1 Å². The third-order valence-electron chi connectivity index (χ3n) is 3.02.